The predicted molar refractivity (Wildman–Crippen MR) is 109 cm³/mol. The van der Waals surface area contributed by atoms with Crippen molar-refractivity contribution in [3.05, 3.63) is 70.7 Å². The number of halogens is 2. The summed E-state index contributed by atoms with van der Waals surface area (Å²) in [6.45, 7) is 6.12. The fraction of sp³-hybridized carbons (Fsp3) is 0.227. The average molecular weight is 430 g/mol. The highest BCUT2D eigenvalue weighted by Gasteiger charge is 2.27. The maximum absolute atomic E-state index is 13.4. The van der Waals surface area contributed by atoms with Crippen LogP contribution in [0.25, 0.3) is 22.3 Å². The number of hydrogen-bond donors (Lipinski definition) is 0. The molecule has 0 N–H and O–H groups in total. The summed E-state index contributed by atoms with van der Waals surface area (Å²) in [6.07, 6.45) is 1.94. The maximum atomic E-state index is 13.4. The lowest BCUT2D eigenvalue weighted by molar-refractivity contribution is 0.0513. The summed E-state index contributed by atoms with van der Waals surface area (Å²) in [5.41, 5.74) is 3.87. The standard InChI is InChI=1S/C22H21BrFNO2/c1-4-27-22(26)21-20(17-7-5-6-8-19(17)23)18(13-25(21)14(2)3)15-9-11-16(24)12-10-15/h5-14H,4H2,1-3H3. The van der Waals surface area contributed by atoms with Crippen molar-refractivity contribution in [2.45, 2.75) is 26.8 Å². The fourth-order valence-electron chi connectivity index (χ4n) is 3.12. The molecule has 0 saturated carbocycles. The van der Waals surface area contributed by atoms with Gasteiger partial charge in [-0.15, -0.1) is 0 Å². The minimum Gasteiger partial charge on any atom is -0.461 e. The lowest BCUT2D eigenvalue weighted by atomic mass is 9.96. The van der Waals surface area contributed by atoms with Crippen molar-refractivity contribution < 1.29 is 13.9 Å². The van der Waals surface area contributed by atoms with Gasteiger partial charge in [0.15, 0.2) is 0 Å². The van der Waals surface area contributed by atoms with Crippen LogP contribution in [-0.2, 0) is 4.74 Å². The van der Waals surface area contributed by atoms with E-state index in [1.165, 1.54) is 12.1 Å². The van der Waals surface area contributed by atoms with Crippen molar-refractivity contribution >= 4 is 21.9 Å². The zero-order valence-electron chi connectivity index (χ0n) is 15.5. The first kappa shape index (κ1) is 19.4. The Labute approximate surface area is 166 Å². The minimum absolute atomic E-state index is 0.0554. The van der Waals surface area contributed by atoms with E-state index in [-0.39, 0.29) is 17.8 Å². The molecule has 0 aliphatic rings. The number of esters is 1. The third kappa shape index (κ3) is 3.83. The third-order valence-electron chi connectivity index (χ3n) is 4.36. The molecule has 140 valence electrons. The van der Waals surface area contributed by atoms with E-state index in [1.54, 1.807) is 19.1 Å². The first-order valence-corrected chi connectivity index (χ1v) is 9.66. The molecule has 5 heteroatoms. The Morgan fingerprint density at radius 1 is 1.11 bits per heavy atom. The molecule has 1 aromatic heterocycles. The first-order chi connectivity index (χ1) is 12.9. The van der Waals surface area contributed by atoms with E-state index in [0.717, 1.165) is 26.7 Å². The van der Waals surface area contributed by atoms with Crippen LogP contribution in [0.5, 0.6) is 0 Å². The highest BCUT2D eigenvalue weighted by molar-refractivity contribution is 9.10. The Bertz CT molecular complexity index is 961. The molecule has 0 aliphatic carbocycles. The largest absolute Gasteiger partial charge is 0.461 e. The predicted octanol–water partition coefficient (Wildman–Crippen LogP) is 6.48. The molecule has 2 aromatic carbocycles. The summed E-state index contributed by atoms with van der Waals surface area (Å²) in [4.78, 5) is 12.9. The number of aromatic nitrogens is 1. The number of benzene rings is 2. The fourth-order valence-corrected chi connectivity index (χ4v) is 3.61. The summed E-state index contributed by atoms with van der Waals surface area (Å²) in [7, 11) is 0. The van der Waals surface area contributed by atoms with Crippen molar-refractivity contribution in [2.75, 3.05) is 6.61 Å². The van der Waals surface area contributed by atoms with E-state index in [9.17, 15) is 9.18 Å². The lowest BCUT2D eigenvalue weighted by Crippen LogP contribution is -2.14. The molecule has 0 atom stereocenters. The Morgan fingerprint density at radius 3 is 2.37 bits per heavy atom. The van der Waals surface area contributed by atoms with Crippen molar-refractivity contribution in [3.63, 3.8) is 0 Å². The first-order valence-electron chi connectivity index (χ1n) is 8.86. The highest BCUT2D eigenvalue weighted by atomic mass is 79.9. The average Bonchev–Trinajstić information content (AvgIpc) is 3.03. The van der Waals surface area contributed by atoms with Crippen LogP contribution in [0.2, 0.25) is 0 Å². The van der Waals surface area contributed by atoms with E-state index in [2.05, 4.69) is 15.9 Å². The molecule has 0 bridgehead atoms. The molecule has 27 heavy (non-hydrogen) atoms. The van der Waals surface area contributed by atoms with Gasteiger partial charge < -0.3 is 9.30 Å². The van der Waals surface area contributed by atoms with Crippen LogP contribution in [0.15, 0.2) is 59.2 Å². The molecule has 0 fully saturated rings. The van der Waals surface area contributed by atoms with Crippen molar-refractivity contribution in [1.29, 1.82) is 0 Å². The summed E-state index contributed by atoms with van der Waals surface area (Å²) in [5.74, 6) is -0.666. The summed E-state index contributed by atoms with van der Waals surface area (Å²) < 4.78 is 21.6. The zero-order valence-corrected chi connectivity index (χ0v) is 17.1. The summed E-state index contributed by atoms with van der Waals surface area (Å²) >= 11 is 3.60. The smallest absolute Gasteiger partial charge is 0.355 e. The second kappa shape index (κ2) is 8.09. The van der Waals surface area contributed by atoms with Gasteiger partial charge in [-0.3, -0.25) is 0 Å². The number of rotatable bonds is 5. The van der Waals surface area contributed by atoms with Crippen LogP contribution in [0.1, 0.15) is 37.3 Å². The summed E-state index contributed by atoms with van der Waals surface area (Å²) in [5, 5.41) is 0. The van der Waals surface area contributed by atoms with Gasteiger partial charge in [-0.1, -0.05) is 46.3 Å². The number of carbonyl (C=O) groups is 1. The minimum atomic E-state index is -0.370. The van der Waals surface area contributed by atoms with Gasteiger partial charge in [-0.05, 0) is 50.1 Å². The molecule has 0 unspecified atom stereocenters. The highest BCUT2D eigenvalue weighted by Crippen LogP contribution is 2.41. The Balaban J connectivity index is 2.36. The van der Waals surface area contributed by atoms with Gasteiger partial charge >= 0.3 is 5.97 Å². The van der Waals surface area contributed by atoms with Gasteiger partial charge in [0.25, 0.3) is 0 Å². The van der Waals surface area contributed by atoms with Crippen LogP contribution in [0.4, 0.5) is 4.39 Å². The number of hydrogen-bond acceptors (Lipinski definition) is 2. The second-order valence-electron chi connectivity index (χ2n) is 6.47. The van der Waals surface area contributed by atoms with Crippen LogP contribution < -0.4 is 0 Å². The van der Waals surface area contributed by atoms with Crippen LogP contribution in [0, 0.1) is 5.82 Å². The molecule has 3 nitrogen and oxygen atoms in total. The van der Waals surface area contributed by atoms with Crippen molar-refractivity contribution in [3.8, 4) is 22.3 Å². The van der Waals surface area contributed by atoms with Gasteiger partial charge in [-0.2, -0.15) is 0 Å². The molecule has 0 radical (unpaired) electrons. The molecular formula is C22H21BrFNO2. The van der Waals surface area contributed by atoms with E-state index in [0.29, 0.717) is 12.3 Å². The van der Waals surface area contributed by atoms with E-state index in [1.807, 2.05) is 48.9 Å². The van der Waals surface area contributed by atoms with Gasteiger partial charge in [0.1, 0.15) is 11.5 Å². The lowest BCUT2D eigenvalue weighted by Gasteiger charge is -2.14. The van der Waals surface area contributed by atoms with Gasteiger partial charge in [0, 0.05) is 27.8 Å². The van der Waals surface area contributed by atoms with Gasteiger partial charge in [-0.25, -0.2) is 9.18 Å². The molecule has 3 rings (SSSR count). The molecular weight excluding hydrogens is 409 g/mol. The molecule has 0 aliphatic heterocycles. The van der Waals surface area contributed by atoms with E-state index in [4.69, 9.17) is 4.74 Å². The van der Waals surface area contributed by atoms with Crippen molar-refractivity contribution in [2.24, 2.45) is 0 Å². The number of nitrogens with zero attached hydrogens (tertiary/aromatic N) is 1. The topological polar surface area (TPSA) is 31.2 Å². The van der Waals surface area contributed by atoms with Crippen molar-refractivity contribution in [1.82, 2.24) is 4.57 Å². The molecule has 0 saturated heterocycles. The van der Waals surface area contributed by atoms with E-state index < -0.39 is 0 Å². The Hall–Kier alpha value is -2.40. The third-order valence-corrected chi connectivity index (χ3v) is 5.05. The Morgan fingerprint density at radius 2 is 1.78 bits per heavy atom. The normalized spacial score (nSPS) is 11.0. The van der Waals surface area contributed by atoms with E-state index >= 15 is 0 Å². The van der Waals surface area contributed by atoms with Crippen LogP contribution in [-0.4, -0.2) is 17.1 Å². The summed E-state index contributed by atoms with van der Waals surface area (Å²) in [6, 6.07) is 14.1. The zero-order chi connectivity index (χ0) is 19.6. The monoisotopic (exact) mass is 429 g/mol. The number of carbonyl (C=O) groups excluding carboxylic acids is 1. The van der Waals surface area contributed by atoms with Gasteiger partial charge in [0.05, 0.1) is 6.61 Å². The second-order valence-corrected chi connectivity index (χ2v) is 7.33. The molecule has 1 heterocycles. The molecule has 3 aromatic rings. The maximum Gasteiger partial charge on any atom is 0.355 e. The van der Waals surface area contributed by atoms with Gasteiger partial charge in [0.2, 0.25) is 0 Å². The number of ether oxygens (including phenoxy) is 1. The quantitative estimate of drug-likeness (QED) is 0.434. The molecule has 0 amide bonds. The van der Waals surface area contributed by atoms with Crippen LogP contribution in [0.3, 0.4) is 0 Å². The Kier molecular flexibility index (Phi) is 5.80. The SMILES string of the molecule is CCOC(=O)c1c(-c2ccccc2Br)c(-c2ccc(F)cc2)cn1C(C)C. The van der Waals surface area contributed by atoms with Crippen LogP contribution >= 0.6 is 15.9 Å². The molecule has 0 spiro atoms.